The van der Waals surface area contributed by atoms with Crippen LogP contribution in [-0.2, 0) is 55.8 Å². The highest BCUT2D eigenvalue weighted by Gasteiger charge is 2.29. The van der Waals surface area contributed by atoms with E-state index in [4.69, 9.17) is 32.3 Å². The molecule has 4 N–H and O–H groups in total. The van der Waals surface area contributed by atoms with Gasteiger partial charge < -0.3 is 34.2 Å². The van der Waals surface area contributed by atoms with E-state index < -0.39 is 91.5 Å². The lowest BCUT2D eigenvalue weighted by Crippen LogP contribution is -2.30. The molecular weight excluding hydrogens is 1240 g/mol. The van der Waals surface area contributed by atoms with Crippen molar-refractivity contribution in [1.82, 2.24) is 0 Å². The quantitative estimate of drug-likeness (QED) is 0.0146. The maximum Gasteiger partial charge on any atom is 0.472 e. The molecule has 5 atom stereocenters. The predicted molar refractivity (Wildman–Crippen MR) is 389 cm³/mol. The molecule has 0 radical (unpaired) electrons. The minimum Gasteiger partial charge on any atom is -0.463 e. The molecule has 542 valence electrons. The fourth-order valence-corrected chi connectivity index (χ4v) is 10.6. The van der Waals surface area contributed by atoms with Crippen LogP contribution < -0.4 is 0 Å². The molecule has 0 heterocycles. The van der Waals surface area contributed by atoms with Crippen LogP contribution >= 0.6 is 15.6 Å². The minimum atomic E-state index is -4.94. The number of esters is 3. The summed E-state index contributed by atoms with van der Waals surface area (Å²) >= 11 is 0. The van der Waals surface area contributed by atoms with Gasteiger partial charge in [-0.15, -0.1) is 0 Å². The molecule has 0 aromatic heterocycles. The highest BCUT2D eigenvalue weighted by molar-refractivity contribution is 7.47. The summed E-state index contributed by atoms with van der Waals surface area (Å²) in [6, 6.07) is 0. The van der Waals surface area contributed by atoms with E-state index >= 15 is 0 Å². The average molecular weight is 1370 g/mol. The molecule has 0 saturated heterocycles. The van der Waals surface area contributed by atoms with Crippen molar-refractivity contribution in [3.05, 3.63) is 146 Å². The van der Waals surface area contributed by atoms with Crippen LogP contribution in [0.3, 0.4) is 0 Å². The third-order valence-electron chi connectivity index (χ3n) is 14.5. The van der Waals surface area contributed by atoms with Gasteiger partial charge in [-0.25, -0.2) is 9.13 Å². The van der Waals surface area contributed by atoms with Gasteiger partial charge in [-0.3, -0.25) is 32.5 Å². The first-order valence-electron chi connectivity index (χ1n) is 36.1. The molecule has 0 bridgehead atoms. The van der Waals surface area contributed by atoms with Crippen LogP contribution in [-0.4, -0.2) is 95.9 Å². The van der Waals surface area contributed by atoms with Gasteiger partial charge >= 0.3 is 33.6 Å². The Hall–Kier alpha value is -4.57. The zero-order valence-electron chi connectivity index (χ0n) is 58.8. The molecule has 0 rings (SSSR count). The third kappa shape index (κ3) is 70.6. The van der Waals surface area contributed by atoms with E-state index in [-0.39, 0.29) is 19.3 Å². The van der Waals surface area contributed by atoms with Gasteiger partial charge in [0.25, 0.3) is 0 Å². The van der Waals surface area contributed by atoms with Gasteiger partial charge in [0.05, 0.1) is 26.4 Å². The number of hydrogen-bond donors (Lipinski definition) is 4. The monoisotopic (exact) mass is 1370 g/mol. The number of phosphoric acid groups is 2. The van der Waals surface area contributed by atoms with E-state index in [0.717, 1.165) is 161 Å². The van der Waals surface area contributed by atoms with Gasteiger partial charge in [0, 0.05) is 19.3 Å². The lowest BCUT2D eigenvalue weighted by Gasteiger charge is -2.21. The summed E-state index contributed by atoms with van der Waals surface area (Å²) in [4.78, 5) is 58.4. The molecule has 0 aromatic rings. The van der Waals surface area contributed by atoms with Crippen LogP contribution in [0, 0.1) is 0 Å². The number of hydrogen-bond acceptors (Lipinski definition) is 14. The van der Waals surface area contributed by atoms with Gasteiger partial charge in [0.15, 0.2) is 6.10 Å². The highest BCUT2D eigenvalue weighted by atomic mass is 31.2. The normalized spacial score (nSPS) is 15.0. The molecule has 0 aliphatic rings. The van der Waals surface area contributed by atoms with Gasteiger partial charge in [-0.1, -0.05) is 256 Å². The summed E-state index contributed by atoms with van der Waals surface area (Å²) < 4.78 is 60.8. The summed E-state index contributed by atoms with van der Waals surface area (Å²) in [5.74, 6) is -1.64. The molecule has 0 amide bonds. The molecule has 0 saturated carbocycles. The van der Waals surface area contributed by atoms with Crippen LogP contribution in [0.1, 0.15) is 265 Å². The lowest BCUT2D eigenvalue weighted by atomic mass is 10.1. The topological polar surface area (TPSA) is 231 Å². The number of rotatable bonds is 67. The van der Waals surface area contributed by atoms with Crippen LogP contribution in [0.5, 0.6) is 0 Å². The molecule has 0 aromatic carbocycles. The maximum absolute atomic E-state index is 12.9. The van der Waals surface area contributed by atoms with Crippen molar-refractivity contribution in [3.63, 3.8) is 0 Å². The van der Waals surface area contributed by atoms with Crippen molar-refractivity contribution < 1.29 is 75.8 Å². The molecule has 0 aliphatic heterocycles. The lowest BCUT2D eigenvalue weighted by molar-refractivity contribution is -0.161. The summed E-state index contributed by atoms with van der Waals surface area (Å²) in [6.07, 6.45) is 83.4. The zero-order chi connectivity index (χ0) is 69.5. The van der Waals surface area contributed by atoms with Crippen molar-refractivity contribution in [2.24, 2.45) is 0 Å². The Kier molecular flexibility index (Phi) is 66.0. The molecule has 0 aliphatic carbocycles. The summed E-state index contributed by atoms with van der Waals surface area (Å²) in [6.45, 7) is 2.33. The van der Waals surface area contributed by atoms with Crippen LogP contribution in [0.2, 0.25) is 0 Å². The molecule has 5 unspecified atom stereocenters. The Bertz CT molecular complexity index is 2310. The first-order valence-corrected chi connectivity index (χ1v) is 39.1. The largest absolute Gasteiger partial charge is 0.472 e. The number of allylic oxidation sites excluding steroid dienone is 24. The highest BCUT2D eigenvalue weighted by Crippen LogP contribution is 2.45. The smallest absolute Gasteiger partial charge is 0.463 e. The van der Waals surface area contributed by atoms with E-state index in [1.54, 1.807) is 0 Å². The van der Waals surface area contributed by atoms with E-state index in [1.807, 2.05) is 0 Å². The zero-order valence-corrected chi connectivity index (χ0v) is 60.6. The Balaban J connectivity index is 4.50. The Morgan fingerprint density at radius 3 is 0.905 bits per heavy atom. The first kappa shape index (κ1) is 90.4. The van der Waals surface area contributed by atoms with E-state index in [9.17, 15) is 43.5 Å². The van der Waals surface area contributed by atoms with Crippen LogP contribution in [0.15, 0.2) is 146 Å². The Morgan fingerprint density at radius 2 is 0.558 bits per heavy atom. The fraction of sp³-hybridized carbons (Fsp3) is 0.649. The predicted octanol–water partition coefficient (Wildman–Crippen LogP) is 20.5. The number of ether oxygens (including phenoxy) is 3. The number of unbranched alkanes of at least 4 members (excludes halogenated alkanes) is 20. The third-order valence-corrected chi connectivity index (χ3v) is 16.4. The van der Waals surface area contributed by atoms with Crippen LogP contribution in [0.4, 0.5) is 0 Å². The number of phosphoric ester groups is 2. The Labute approximate surface area is 575 Å². The van der Waals surface area contributed by atoms with Crippen molar-refractivity contribution in [3.8, 4) is 0 Å². The first-order chi connectivity index (χ1) is 46.2. The number of aliphatic hydroxyl groups excluding tert-OH is 2. The van der Waals surface area contributed by atoms with E-state index in [0.29, 0.717) is 19.3 Å². The Morgan fingerprint density at radius 1 is 0.305 bits per heavy atom. The molecule has 95 heavy (non-hydrogen) atoms. The summed E-state index contributed by atoms with van der Waals surface area (Å²) in [7, 11) is -9.79. The number of carbonyl (C=O) groups excluding carboxylic acids is 3. The minimum absolute atomic E-state index is 0.0827. The molecule has 18 heteroatoms. The van der Waals surface area contributed by atoms with Crippen LogP contribution in [0.25, 0.3) is 0 Å². The second kappa shape index (κ2) is 69.3. The second-order valence-corrected chi connectivity index (χ2v) is 26.5. The SMILES string of the molecule is CC/C=C\C/C=C\C/C=C\C/C=C\C/C=C\C/C=C\CCCCCCCCCCCCC(=O)OCC(O)COP(=O)(O)OCC(O)COP(=O)(O)OCC(COC(=O)CCCCC/C=C\C/C=C\C/C=C\C/C=C\C/C=C\CC)OC(=O)CCCCCCC/C=C\CCCC. The molecule has 0 spiro atoms. The average Bonchev–Trinajstić information content (AvgIpc) is 2.67. The summed E-state index contributed by atoms with van der Waals surface area (Å²) in [5.41, 5.74) is 0. The molecule has 0 fully saturated rings. The van der Waals surface area contributed by atoms with Gasteiger partial charge in [0.1, 0.15) is 25.4 Å². The second-order valence-electron chi connectivity index (χ2n) is 23.6. The maximum atomic E-state index is 12.9. The van der Waals surface area contributed by atoms with Gasteiger partial charge in [-0.05, 0) is 135 Å². The molecular formula is C77H128O16P2. The van der Waals surface area contributed by atoms with Crippen molar-refractivity contribution in [2.75, 3.05) is 39.6 Å². The van der Waals surface area contributed by atoms with E-state index in [1.165, 1.54) is 44.9 Å². The number of aliphatic hydroxyl groups is 2. The van der Waals surface area contributed by atoms with Gasteiger partial charge in [0.2, 0.25) is 0 Å². The summed E-state index contributed by atoms with van der Waals surface area (Å²) in [5, 5.41) is 20.6. The fourth-order valence-electron chi connectivity index (χ4n) is 9.05. The van der Waals surface area contributed by atoms with Crippen molar-refractivity contribution >= 4 is 33.6 Å². The van der Waals surface area contributed by atoms with Gasteiger partial charge in [-0.2, -0.15) is 0 Å². The van der Waals surface area contributed by atoms with Crippen molar-refractivity contribution in [1.29, 1.82) is 0 Å². The number of carbonyl (C=O) groups is 3. The molecule has 16 nitrogen and oxygen atoms in total. The van der Waals surface area contributed by atoms with E-state index in [2.05, 4.69) is 167 Å². The standard InChI is InChI=1S/C77H128O16P2/c1-4-7-10-13-16-19-22-24-26-28-30-31-32-33-34-35-36-37-38-39-41-43-44-46-49-51-54-57-60-63-75(80)87-66-72(78)67-89-94(83,84)90-68-73(79)69-91-95(85,86)92-71-74(93-77(82)65-62-59-56-53-48-21-18-15-12-9-6-3)70-88-76(81)64-61-58-55-52-50-47-45-42-40-29-27-25-23-20-17-14-11-8-5-2/h7-8,10-11,15-20,24-27,30-31,33-34,36-37,40,42,47,50,72-74,78-79H,4-6,9,12-14,21-23,28-29,32,35,38-39,41,43-46,48-49,51-71H2,1-3H3,(H,83,84)(H,85,86)/b10-7-,11-8-,18-15-,19-16-,20-17-,26-24-,27-25-,31-30-,34-33-,37-36-,42-40-,50-47-. The van der Waals surface area contributed by atoms with Crippen molar-refractivity contribution in [2.45, 2.75) is 283 Å².